The fourth-order valence-corrected chi connectivity index (χ4v) is 3.32. The first kappa shape index (κ1) is 17.4. The van der Waals surface area contributed by atoms with Crippen LogP contribution < -0.4 is 11.1 Å². The van der Waals surface area contributed by atoms with Crippen molar-refractivity contribution < 1.29 is 17.8 Å². The molecule has 2 aromatic carbocycles. The van der Waals surface area contributed by atoms with Crippen LogP contribution in [0.1, 0.15) is 20.3 Å². The van der Waals surface area contributed by atoms with Crippen LogP contribution in [0.25, 0.3) is 10.8 Å². The lowest BCUT2D eigenvalue weighted by Gasteiger charge is -2.16. The number of nitrogens with one attached hydrogen (secondary N) is 1. The number of carbonyl (C=O) groups is 1. The summed E-state index contributed by atoms with van der Waals surface area (Å²) in [6.07, 6.45) is 0.473. The first-order valence-electron chi connectivity index (χ1n) is 7.26. The Hall–Kier alpha value is -1.96. The zero-order chi connectivity index (χ0) is 17.2. The second kappa shape index (κ2) is 6.66. The number of anilines is 1. The number of amides is 1. The van der Waals surface area contributed by atoms with E-state index in [2.05, 4.69) is 5.32 Å². The standard InChI is InChI=1S/C16H20N2O4S/c1-10(2)9-13(17)16(19)18-14-8-7-11-5-3-4-6-12(11)15(14)23(20,21)22/h3-8,10,13H,9,17H2,1-2H3,(H,18,19)(H,20,21,22)/t13-/m0/s1. The maximum absolute atomic E-state index is 12.2. The minimum absolute atomic E-state index is 0.0235. The van der Waals surface area contributed by atoms with Crippen molar-refractivity contribution in [2.45, 2.75) is 31.2 Å². The van der Waals surface area contributed by atoms with Crippen molar-refractivity contribution in [3.05, 3.63) is 36.4 Å². The third kappa shape index (κ3) is 4.07. The quantitative estimate of drug-likeness (QED) is 0.726. The van der Waals surface area contributed by atoms with Crippen LogP contribution in [0.3, 0.4) is 0 Å². The monoisotopic (exact) mass is 336 g/mol. The minimum Gasteiger partial charge on any atom is -0.323 e. The fraction of sp³-hybridized carbons (Fsp3) is 0.312. The molecule has 1 atom stereocenters. The summed E-state index contributed by atoms with van der Waals surface area (Å²) in [6, 6.07) is 9.08. The molecule has 6 nitrogen and oxygen atoms in total. The zero-order valence-electron chi connectivity index (χ0n) is 13.0. The highest BCUT2D eigenvalue weighted by Gasteiger charge is 2.22. The number of rotatable bonds is 5. The van der Waals surface area contributed by atoms with Gasteiger partial charge in [0.1, 0.15) is 4.90 Å². The molecule has 7 heteroatoms. The third-order valence-corrected chi connectivity index (χ3v) is 4.41. The Bertz CT molecular complexity index is 831. The highest BCUT2D eigenvalue weighted by atomic mass is 32.2. The van der Waals surface area contributed by atoms with Crippen molar-refractivity contribution in [1.29, 1.82) is 0 Å². The van der Waals surface area contributed by atoms with E-state index in [0.717, 1.165) is 0 Å². The third-order valence-electron chi connectivity index (χ3n) is 3.46. The van der Waals surface area contributed by atoms with Crippen LogP contribution in [-0.4, -0.2) is 24.9 Å². The molecule has 0 fully saturated rings. The van der Waals surface area contributed by atoms with Crippen LogP contribution in [0.15, 0.2) is 41.3 Å². The van der Waals surface area contributed by atoms with Gasteiger partial charge in [-0.15, -0.1) is 0 Å². The van der Waals surface area contributed by atoms with E-state index in [9.17, 15) is 17.8 Å². The number of carbonyl (C=O) groups excluding carboxylic acids is 1. The van der Waals surface area contributed by atoms with E-state index in [4.69, 9.17) is 5.73 Å². The van der Waals surface area contributed by atoms with Gasteiger partial charge in [0.15, 0.2) is 0 Å². The Morgan fingerprint density at radius 1 is 1.22 bits per heavy atom. The molecule has 0 bridgehead atoms. The van der Waals surface area contributed by atoms with E-state index in [0.29, 0.717) is 17.2 Å². The molecule has 0 heterocycles. The fourth-order valence-electron chi connectivity index (χ4n) is 2.46. The molecular formula is C16H20N2O4S. The molecule has 0 aliphatic rings. The average Bonchev–Trinajstić information content (AvgIpc) is 2.44. The number of nitrogens with two attached hydrogens (primary N) is 1. The minimum atomic E-state index is -4.51. The van der Waals surface area contributed by atoms with E-state index >= 15 is 0 Å². The first-order chi connectivity index (χ1) is 10.7. The van der Waals surface area contributed by atoms with Crippen molar-refractivity contribution in [2.75, 3.05) is 5.32 Å². The Balaban J connectivity index is 2.47. The molecule has 0 aromatic heterocycles. The van der Waals surface area contributed by atoms with Crippen LogP contribution >= 0.6 is 0 Å². The molecule has 2 rings (SSSR count). The van der Waals surface area contributed by atoms with Crippen LogP contribution in [-0.2, 0) is 14.9 Å². The second-order valence-corrected chi connectivity index (χ2v) is 7.22. The molecule has 124 valence electrons. The number of fused-ring (bicyclic) bond motifs is 1. The molecule has 4 N–H and O–H groups in total. The summed E-state index contributed by atoms with van der Waals surface area (Å²) in [7, 11) is -4.51. The lowest BCUT2D eigenvalue weighted by atomic mass is 10.0. The van der Waals surface area contributed by atoms with Gasteiger partial charge < -0.3 is 11.1 Å². The highest BCUT2D eigenvalue weighted by molar-refractivity contribution is 7.86. The van der Waals surface area contributed by atoms with Gasteiger partial charge in [-0.3, -0.25) is 9.35 Å². The Kier molecular flexibility index (Phi) is 5.03. The summed E-state index contributed by atoms with van der Waals surface area (Å²) >= 11 is 0. The molecule has 0 spiro atoms. The molecule has 0 aliphatic carbocycles. The SMILES string of the molecule is CC(C)C[C@H](N)C(=O)Nc1ccc2ccccc2c1S(=O)(=O)O. The first-order valence-corrected chi connectivity index (χ1v) is 8.70. The summed E-state index contributed by atoms with van der Waals surface area (Å²) in [4.78, 5) is 11.8. The van der Waals surface area contributed by atoms with Gasteiger partial charge in [0, 0.05) is 5.39 Å². The molecule has 2 aromatic rings. The summed E-state index contributed by atoms with van der Waals surface area (Å²) in [6.45, 7) is 3.87. The number of hydrogen-bond donors (Lipinski definition) is 3. The van der Waals surface area contributed by atoms with Gasteiger partial charge in [0.05, 0.1) is 11.7 Å². The van der Waals surface area contributed by atoms with E-state index in [1.54, 1.807) is 30.3 Å². The summed E-state index contributed by atoms with van der Waals surface area (Å²) in [5.74, 6) is -0.257. The normalized spacial score (nSPS) is 13.3. The molecular weight excluding hydrogens is 316 g/mol. The van der Waals surface area contributed by atoms with E-state index in [1.165, 1.54) is 6.07 Å². The van der Waals surface area contributed by atoms with Crippen LogP contribution in [0, 0.1) is 5.92 Å². The molecule has 23 heavy (non-hydrogen) atoms. The number of hydrogen-bond acceptors (Lipinski definition) is 4. The van der Waals surface area contributed by atoms with Gasteiger partial charge in [0.25, 0.3) is 10.1 Å². The molecule has 0 aliphatic heterocycles. The molecule has 0 unspecified atom stereocenters. The predicted molar refractivity (Wildman–Crippen MR) is 89.8 cm³/mol. The van der Waals surface area contributed by atoms with Gasteiger partial charge in [0.2, 0.25) is 5.91 Å². The van der Waals surface area contributed by atoms with Crippen molar-refractivity contribution in [1.82, 2.24) is 0 Å². The Labute approximate surface area is 135 Å². The zero-order valence-corrected chi connectivity index (χ0v) is 13.8. The summed E-state index contributed by atoms with van der Waals surface area (Å²) in [5.41, 5.74) is 5.84. The predicted octanol–water partition coefficient (Wildman–Crippen LogP) is 2.40. The lowest BCUT2D eigenvalue weighted by Crippen LogP contribution is -2.37. The molecule has 0 saturated heterocycles. The van der Waals surface area contributed by atoms with Gasteiger partial charge in [-0.05, 0) is 23.8 Å². The second-order valence-electron chi connectivity index (χ2n) is 5.86. The van der Waals surface area contributed by atoms with E-state index in [1.807, 2.05) is 13.8 Å². The Morgan fingerprint density at radius 2 is 1.87 bits per heavy atom. The van der Waals surface area contributed by atoms with Gasteiger partial charge in [-0.25, -0.2) is 0 Å². The van der Waals surface area contributed by atoms with Crippen LogP contribution in [0.5, 0.6) is 0 Å². The van der Waals surface area contributed by atoms with Crippen LogP contribution in [0.4, 0.5) is 5.69 Å². The van der Waals surface area contributed by atoms with E-state index < -0.39 is 22.1 Å². The van der Waals surface area contributed by atoms with Gasteiger partial charge >= 0.3 is 0 Å². The summed E-state index contributed by atoms with van der Waals surface area (Å²) in [5, 5.41) is 3.49. The van der Waals surface area contributed by atoms with Crippen molar-refractivity contribution in [3.8, 4) is 0 Å². The lowest BCUT2D eigenvalue weighted by molar-refractivity contribution is -0.117. The maximum atomic E-state index is 12.2. The Morgan fingerprint density at radius 3 is 2.48 bits per heavy atom. The molecule has 0 saturated carbocycles. The van der Waals surface area contributed by atoms with Gasteiger partial charge in [-0.1, -0.05) is 44.2 Å². The summed E-state index contributed by atoms with van der Waals surface area (Å²) < 4.78 is 33.1. The maximum Gasteiger partial charge on any atom is 0.297 e. The molecule has 0 radical (unpaired) electrons. The topological polar surface area (TPSA) is 109 Å². The van der Waals surface area contributed by atoms with E-state index in [-0.39, 0.29) is 16.5 Å². The molecule has 1 amide bonds. The van der Waals surface area contributed by atoms with Gasteiger partial charge in [-0.2, -0.15) is 8.42 Å². The van der Waals surface area contributed by atoms with Crippen molar-refractivity contribution >= 4 is 32.5 Å². The number of benzene rings is 2. The average molecular weight is 336 g/mol. The smallest absolute Gasteiger partial charge is 0.297 e. The van der Waals surface area contributed by atoms with Crippen molar-refractivity contribution in [2.24, 2.45) is 11.7 Å². The van der Waals surface area contributed by atoms with Crippen molar-refractivity contribution in [3.63, 3.8) is 0 Å². The van der Waals surface area contributed by atoms with Crippen LogP contribution in [0.2, 0.25) is 0 Å². The highest BCUT2D eigenvalue weighted by Crippen LogP contribution is 2.30. The largest absolute Gasteiger partial charge is 0.323 e.